The molecule has 1 aliphatic heterocycles. The van der Waals surface area contributed by atoms with E-state index < -0.39 is 5.54 Å². The molecular formula is C27H38N4O2S. The summed E-state index contributed by atoms with van der Waals surface area (Å²) in [7, 11) is 0. The molecular weight excluding hydrogens is 444 g/mol. The molecule has 1 aromatic heterocycles. The normalized spacial score (nSPS) is 22.1. The lowest BCUT2D eigenvalue weighted by atomic mass is 9.90. The van der Waals surface area contributed by atoms with Crippen LogP contribution in [-0.4, -0.2) is 39.4 Å². The van der Waals surface area contributed by atoms with Crippen molar-refractivity contribution in [2.24, 2.45) is 0 Å². The van der Waals surface area contributed by atoms with Crippen LogP contribution in [-0.2, 0) is 16.8 Å². The first kappa shape index (κ1) is 24.8. The molecule has 34 heavy (non-hydrogen) atoms. The predicted molar refractivity (Wildman–Crippen MR) is 139 cm³/mol. The molecule has 2 heterocycles. The Labute approximate surface area is 207 Å². The molecule has 0 saturated heterocycles. The van der Waals surface area contributed by atoms with Crippen molar-refractivity contribution in [3.05, 3.63) is 41.7 Å². The lowest BCUT2D eigenvalue weighted by Crippen LogP contribution is -2.65. The van der Waals surface area contributed by atoms with E-state index in [4.69, 9.17) is 5.10 Å². The van der Waals surface area contributed by atoms with Gasteiger partial charge < -0.3 is 5.32 Å². The Bertz CT molecular complexity index is 1050. The van der Waals surface area contributed by atoms with Crippen LogP contribution in [0.4, 0.5) is 5.69 Å². The Kier molecular flexibility index (Phi) is 7.13. The molecule has 0 bridgehead atoms. The Balaban J connectivity index is 1.74. The van der Waals surface area contributed by atoms with E-state index >= 15 is 0 Å². The van der Waals surface area contributed by atoms with Crippen LogP contribution >= 0.6 is 11.8 Å². The maximum atomic E-state index is 13.9. The molecule has 7 heteroatoms. The fourth-order valence-electron chi connectivity index (χ4n) is 5.04. The van der Waals surface area contributed by atoms with Crippen molar-refractivity contribution in [3.8, 4) is 0 Å². The average Bonchev–Trinajstić information content (AvgIpc) is 3.20. The molecule has 2 aromatic rings. The number of aromatic nitrogens is 2. The zero-order chi connectivity index (χ0) is 24.5. The Morgan fingerprint density at radius 3 is 2.44 bits per heavy atom. The van der Waals surface area contributed by atoms with E-state index in [1.807, 2.05) is 43.5 Å². The molecule has 6 nitrogen and oxygen atoms in total. The van der Waals surface area contributed by atoms with Gasteiger partial charge in [0.15, 0.2) is 0 Å². The van der Waals surface area contributed by atoms with Crippen molar-refractivity contribution in [2.45, 2.75) is 101 Å². The monoisotopic (exact) mass is 482 g/mol. The van der Waals surface area contributed by atoms with E-state index in [0.29, 0.717) is 12.2 Å². The van der Waals surface area contributed by atoms with Gasteiger partial charge in [0.1, 0.15) is 11.2 Å². The van der Waals surface area contributed by atoms with Gasteiger partial charge in [-0.3, -0.25) is 19.2 Å². The van der Waals surface area contributed by atoms with Gasteiger partial charge >= 0.3 is 0 Å². The highest BCUT2D eigenvalue weighted by molar-refractivity contribution is 7.98. The molecule has 1 unspecified atom stereocenters. The second-order valence-corrected chi connectivity index (χ2v) is 11.8. The zero-order valence-electron chi connectivity index (χ0n) is 21.2. The first-order chi connectivity index (χ1) is 16.1. The predicted octanol–water partition coefficient (Wildman–Crippen LogP) is 5.55. The molecule has 1 N–H and O–H groups in total. The number of thioether (sulfide) groups is 1. The standard InChI is InChI=1S/C27H38N4O2S/c1-26(2,3)23-17-22-24(32)31(20-14-11-15-21(16-20)34-5)27(4,18-30(22)29-23)25(33)28-19-12-9-7-6-8-10-13-19/h11,14-17,19H,6-10,12-13,18H2,1-5H3,(H,28,33). The highest BCUT2D eigenvalue weighted by atomic mass is 32.2. The minimum atomic E-state index is -1.08. The minimum absolute atomic E-state index is 0.0977. The van der Waals surface area contributed by atoms with Crippen LogP contribution in [0.2, 0.25) is 0 Å². The Morgan fingerprint density at radius 1 is 1.12 bits per heavy atom. The van der Waals surface area contributed by atoms with Crippen LogP contribution in [0.25, 0.3) is 0 Å². The summed E-state index contributed by atoms with van der Waals surface area (Å²) < 4.78 is 1.75. The van der Waals surface area contributed by atoms with Gasteiger partial charge in [-0.1, -0.05) is 58.9 Å². The molecule has 2 amide bonds. The number of nitrogens with zero attached hydrogens (tertiary/aromatic N) is 3. The summed E-state index contributed by atoms with van der Waals surface area (Å²) in [4.78, 5) is 30.6. The number of carbonyl (C=O) groups excluding carboxylic acids is 2. The molecule has 0 spiro atoms. The quantitative estimate of drug-likeness (QED) is 0.580. The van der Waals surface area contributed by atoms with Gasteiger partial charge in [0.25, 0.3) is 5.91 Å². The second-order valence-electron chi connectivity index (χ2n) is 11.0. The zero-order valence-corrected chi connectivity index (χ0v) is 22.0. The largest absolute Gasteiger partial charge is 0.351 e. The molecule has 4 rings (SSSR count). The van der Waals surface area contributed by atoms with E-state index in [0.717, 1.165) is 42.0 Å². The van der Waals surface area contributed by atoms with Gasteiger partial charge in [-0.2, -0.15) is 5.10 Å². The first-order valence-electron chi connectivity index (χ1n) is 12.5. The number of nitrogens with one attached hydrogen (secondary N) is 1. The fraction of sp³-hybridized carbons (Fsp3) is 0.593. The molecule has 1 aromatic carbocycles. The van der Waals surface area contributed by atoms with E-state index in [1.165, 1.54) is 19.3 Å². The lowest BCUT2D eigenvalue weighted by molar-refractivity contribution is -0.127. The first-order valence-corrected chi connectivity index (χ1v) is 13.7. The summed E-state index contributed by atoms with van der Waals surface area (Å²) in [5.41, 5.74) is 0.877. The number of amides is 2. The third kappa shape index (κ3) is 4.90. The van der Waals surface area contributed by atoms with Gasteiger partial charge in [0.05, 0.1) is 12.2 Å². The Morgan fingerprint density at radius 2 is 1.79 bits per heavy atom. The van der Waals surface area contributed by atoms with Gasteiger partial charge in [0, 0.05) is 22.0 Å². The van der Waals surface area contributed by atoms with Crippen molar-refractivity contribution in [3.63, 3.8) is 0 Å². The van der Waals surface area contributed by atoms with Crippen LogP contribution in [0.1, 0.15) is 88.8 Å². The molecule has 1 aliphatic carbocycles. The molecule has 1 fully saturated rings. The average molecular weight is 483 g/mol. The smallest absolute Gasteiger partial charge is 0.277 e. The summed E-state index contributed by atoms with van der Waals surface area (Å²) in [6, 6.07) is 9.95. The van der Waals surface area contributed by atoms with Crippen molar-refractivity contribution in [1.29, 1.82) is 0 Å². The van der Waals surface area contributed by atoms with Crippen molar-refractivity contribution in [1.82, 2.24) is 15.1 Å². The van der Waals surface area contributed by atoms with Crippen LogP contribution in [0, 0.1) is 0 Å². The van der Waals surface area contributed by atoms with Crippen molar-refractivity contribution < 1.29 is 9.59 Å². The SMILES string of the molecule is CSc1cccc(N2C(=O)c3cc(C(C)(C)C)nn3CC2(C)C(=O)NC2CCCCCCC2)c1. The molecule has 0 radical (unpaired) electrons. The van der Waals surface area contributed by atoms with Crippen LogP contribution in [0.3, 0.4) is 0 Å². The number of carbonyl (C=O) groups is 2. The number of hydrogen-bond acceptors (Lipinski definition) is 4. The third-order valence-electron chi connectivity index (χ3n) is 7.16. The minimum Gasteiger partial charge on any atom is -0.351 e. The summed E-state index contributed by atoms with van der Waals surface area (Å²) >= 11 is 1.63. The van der Waals surface area contributed by atoms with Crippen LogP contribution in [0.15, 0.2) is 35.2 Å². The number of fused-ring (bicyclic) bond motifs is 1. The molecule has 2 aliphatic rings. The van der Waals surface area contributed by atoms with E-state index in [2.05, 4.69) is 26.1 Å². The summed E-state index contributed by atoms with van der Waals surface area (Å²) in [5.74, 6) is -0.276. The maximum absolute atomic E-state index is 13.9. The fourth-order valence-corrected chi connectivity index (χ4v) is 5.50. The van der Waals surface area contributed by atoms with Gasteiger partial charge in [-0.25, -0.2) is 0 Å². The van der Waals surface area contributed by atoms with Gasteiger partial charge in [-0.15, -0.1) is 11.8 Å². The van der Waals surface area contributed by atoms with Crippen LogP contribution < -0.4 is 10.2 Å². The topological polar surface area (TPSA) is 67.2 Å². The number of anilines is 1. The van der Waals surface area contributed by atoms with Crippen molar-refractivity contribution in [2.75, 3.05) is 11.2 Å². The molecule has 184 valence electrons. The van der Waals surface area contributed by atoms with E-state index in [-0.39, 0.29) is 23.3 Å². The number of hydrogen-bond donors (Lipinski definition) is 1. The van der Waals surface area contributed by atoms with Crippen LogP contribution in [0.5, 0.6) is 0 Å². The van der Waals surface area contributed by atoms with Crippen molar-refractivity contribution >= 4 is 29.3 Å². The second kappa shape index (κ2) is 9.76. The van der Waals surface area contributed by atoms with E-state index in [1.54, 1.807) is 21.3 Å². The molecule has 1 atom stereocenters. The highest BCUT2D eigenvalue weighted by Gasteiger charge is 2.49. The number of benzene rings is 1. The summed E-state index contributed by atoms with van der Waals surface area (Å²) in [6.45, 7) is 8.48. The lowest BCUT2D eigenvalue weighted by Gasteiger charge is -2.44. The summed E-state index contributed by atoms with van der Waals surface area (Å²) in [5, 5.41) is 8.11. The third-order valence-corrected chi connectivity index (χ3v) is 7.89. The maximum Gasteiger partial charge on any atom is 0.277 e. The Hall–Kier alpha value is -2.28. The number of rotatable bonds is 4. The van der Waals surface area contributed by atoms with Gasteiger partial charge in [0.2, 0.25) is 5.91 Å². The molecule has 1 saturated carbocycles. The van der Waals surface area contributed by atoms with E-state index in [9.17, 15) is 9.59 Å². The highest BCUT2D eigenvalue weighted by Crippen LogP contribution is 2.36. The van der Waals surface area contributed by atoms with Gasteiger partial charge in [-0.05, 0) is 50.3 Å². The summed E-state index contributed by atoms with van der Waals surface area (Å²) in [6.07, 6.45) is 10.0.